The summed E-state index contributed by atoms with van der Waals surface area (Å²) >= 11 is 0. The predicted molar refractivity (Wildman–Crippen MR) is 188 cm³/mol. The number of benzene rings is 1. The zero-order valence-corrected chi connectivity index (χ0v) is 28.6. The number of nitrogens with zero attached hydrogens (tertiary/aromatic N) is 4. The quantitative estimate of drug-likeness (QED) is 0.116. The first kappa shape index (κ1) is 35.2. The maximum atomic E-state index is 13.3. The van der Waals surface area contributed by atoms with E-state index < -0.39 is 48.8 Å². The van der Waals surface area contributed by atoms with Crippen molar-refractivity contribution < 1.29 is 44.5 Å². The molecule has 5 aliphatic heterocycles. The van der Waals surface area contributed by atoms with Crippen molar-refractivity contribution in [2.45, 2.75) is 68.3 Å². The molecule has 2 aromatic rings. The lowest BCUT2D eigenvalue weighted by atomic mass is 9.85. The summed E-state index contributed by atoms with van der Waals surface area (Å²) in [6.45, 7) is 2.83. The first-order valence-corrected chi connectivity index (χ1v) is 17.0. The number of anilines is 1. The molecule has 6 N–H and O–H groups in total. The molecule has 0 radical (unpaired) electrons. The lowest BCUT2D eigenvalue weighted by molar-refractivity contribution is -0.364. The van der Waals surface area contributed by atoms with Crippen molar-refractivity contribution in [3.63, 3.8) is 0 Å². The first-order chi connectivity index (χ1) is 24.5. The summed E-state index contributed by atoms with van der Waals surface area (Å²) < 4.78 is 13.0. The molecule has 0 saturated heterocycles. The average molecular weight is 706 g/mol. The molecule has 7 unspecified atom stereocenters. The number of aliphatic hydroxyl groups excluding tert-OH is 4. The lowest BCUT2D eigenvalue weighted by Crippen LogP contribution is -2.64. The standard InChI is InChI=1S/C36H43N5O10/c1-20-12-27(43)23-13-22-14-30(35(2,7-10-37-3)50-32(22)31(33(23)49-20)41-15-21-4-8-39-25(21)16-41)51-48-18-29(45)36(47,34(46)28(44)17-42)19-40-11-6-24-26(40)5-9-38-24/h4-6,8-9,11-13,15,26,28-30,34,37,42,44-47H,7,10,14,16-19H2,1-3H3. The van der Waals surface area contributed by atoms with Gasteiger partial charge < -0.3 is 49.8 Å². The monoisotopic (exact) mass is 705 g/mol. The van der Waals surface area contributed by atoms with Crippen LogP contribution in [-0.2, 0) is 16.2 Å². The maximum absolute atomic E-state index is 13.3. The lowest BCUT2D eigenvalue weighted by Gasteiger charge is -2.43. The number of rotatable bonds is 14. The van der Waals surface area contributed by atoms with Gasteiger partial charge in [-0.3, -0.25) is 14.8 Å². The fourth-order valence-corrected chi connectivity index (χ4v) is 7.21. The van der Waals surface area contributed by atoms with E-state index in [-0.39, 0.29) is 24.4 Å². The minimum Gasteiger partial charge on any atom is -0.482 e. The minimum atomic E-state index is -2.37. The van der Waals surface area contributed by atoms with Crippen LogP contribution in [0.4, 0.5) is 5.69 Å². The molecular formula is C36H43N5O10. The van der Waals surface area contributed by atoms with Gasteiger partial charge in [-0.1, -0.05) is 0 Å². The van der Waals surface area contributed by atoms with Crippen LogP contribution in [0.1, 0.15) is 24.7 Å². The Morgan fingerprint density at radius 3 is 2.78 bits per heavy atom. The largest absolute Gasteiger partial charge is 0.482 e. The molecule has 7 rings (SSSR count). The molecule has 51 heavy (non-hydrogen) atoms. The summed E-state index contributed by atoms with van der Waals surface area (Å²) in [6, 6.07) is 2.87. The first-order valence-electron chi connectivity index (χ1n) is 17.0. The summed E-state index contributed by atoms with van der Waals surface area (Å²) in [5.74, 6) is 1.000. The van der Waals surface area contributed by atoms with Crippen LogP contribution in [0.2, 0.25) is 0 Å². The fourth-order valence-electron chi connectivity index (χ4n) is 7.21. The molecule has 1 aromatic carbocycles. The molecule has 0 amide bonds. The SMILES string of the molecule is CNCCC1(C)Oc2c(cc3c(=O)cc(C)oc3c2N2C=C3C=CN=C3C2)CC1OOCC(O)C(O)(CN1C=CC2=NC=CC21)C(O)C(O)CO. The van der Waals surface area contributed by atoms with Gasteiger partial charge in [0, 0.05) is 54.8 Å². The number of aryl methyl sites for hydroxylation is 1. The van der Waals surface area contributed by atoms with E-state index in [1.165, 1.54) is 6.07 Å². The van der Waals surface area contributed by atoms with Crippen LogP contribution in [0.25, 0.3) is 11.0 Å². The van der Waals surface area contributed by atoms with Crippen LogP contribution < -0.4 is 20.4 Å². The van der Waals surface area contributed by atoms with Crippen molar-refractivity contribution in [2.75, 3.05) is 44.8 Å². The Morgan fingerprint density at radius 2 is 2.02 bits per heavy atom. The van der Waals surface area contributed by atoms with E-state index in [0.29, 0.717) is 53.2 Å². The normalized spacial score (nSPS) is 26.0. The number of fused-ring (bicyclic) bond motifs is 4. The van der Waals surface area contributed by atoms with Gasteiger partial charge in [0.2, 0.25) is 0 Å². The Balaban J connectivity index is 1.16. The van der Waals surface area contributed by atoms with Crippen molar-refractivity contribution in [3.8, 4) is 5.75 Å². The van der Waals surface area contributed by atoms with E-state index in [9.17, 15) is 30.3 Å². The number of β-amino-alcohol motifs (C(OH)–C–C–N with tert-alkyl or cyclic N) is 1. The second-order valence-corrected chi connectivity index (χ2v) is 13.8. The molecule has 0 fully saturated rings. The zero-order chi connectivity index (χ0) is 36.1. The minimum absolute atomic E-state index is 0.204. The van der Waals surface area contributed by atoms with Crippen molar-refractivity contribution in [3.05, 3.63) is 82.3 Å². The Bertz CT molecular complexity index is 1940. The molecule has 6 heterocycles. The van der Waals surface area contributed by atoms with Crippen LogP contribution >= 0.6 is 0 Å². The molecule has 272 valence electrons. The number of nitrogens with one attached hydrogen (secondary N) is 1. The van der Waals surface area contributed by atoms with Crippen LogP contribution in [0.5, 0.6) is 5.75 Å². The van der Waals surface area contributed by atoms with Gasteiger partial charge in [-0.05, 0) is 51.7 Å². The predicted octanol–water partition coefficient (Wildman–Crippen LogP) is 0.366. The fraction of sp³-hybridized carbons (Fsp3) is 0.472. The van der Waals surface area contributed by atoms with Crippen LogP contribution in [0, 0.1) is 6.92 Å². The third kappa shape index (κ3) is 6.33. The Morgan fingerprint density at radius 1 is 1.20 bits per heavy atom. The molecule has 0 aliphatic carbocycles. The number of aliphatic hydroxyl groups is 5. The van der Waals surface area contributed by atoms with Gasteiger partial charge in [0.05, 0.1) is 42.5 Å². The summed E-state index contributed by atoms with van der Waals surface area (Å²) in [6.07, 6.45) is 6.93. The molecule has 0 saturated carbocycles. The molecule has 7 atom stereocenters. The van der Waals surface area contributed by atoms with Gasteiger partial charge in [0.15, 0.2) is 16.8 Å². The smallest absolute Gasteiger partial charge is 0.193 e. The second kappa shape index (κ2) is 13.7. The summed E-state index contributed by atoms with van der Waals surface area (Å²) in [4.78, 5) is 37.3. The highest BCUT2D eigenvalue weighted by molar-refractivity contribution is 6.12. The van der Waals surface area contributed by atoms with Crippen LogP contribution in [0.3, 0.4) is 0 Å². The van der Waals surface area contributed by atoms with Crippen molar-refractivity contribution in [1.29, 1.82) is 0 Å². The van der Waals surface area contributed by atoms with Gasteiger partial charge in [-0.15, -0.1) is 0 Å². The summed E-state index contributed by atoms with van der Waals surface area (Å²) in [5, 5.41) is 57.4. The van der Waals surface area contributed by atoms with Gasteiger partial charge in [-0.25, -0.2) is 9.78 Å². The second-order valence-electron chi connectivity index (χ2n) is 13.8. The van der Waals surface area contributed by atoms with E-state index >= 15 is 0 Å². The van der Waals surface area contributed by atoms with E-state index in [2.05, 4.69) is 15.3 Å². The third-order valence-corrected chi connectivity index (χ3v) is 10.2. The van der Waals surface area contributed by atoms with Crippen LogP contribution in [-0.4, -0.2) is 123 Å². The van der Waals surface area contributed by atoms with Gasteiger partial charge in [0.1, 0.15) is 53.7 Å². The van der Waals surface area contributed by atoms with E-state index in [4.69, 9.17) is 18.9 Å². The molecule has 0 bridgehead atoms. The highest BCUT2D eigenvalue weighted by Gasteiger charge is 2.50. The third-order valence-electron chi connectivity index (χ3n) is 10.2. The highest BCUT2D eigenvalue weighted by Crippen LogP contribution is 2.47. The molecule has 5 aliphatic rings. The Labute approximate surface area is 293 Å². The summed E-state index contributed by atoms with van der Waals surface area (Å²) in [7, 11) is 1.82. The van der Waals surface area contributed by atoms with E-state index in [1.807, 2.05) is 31.1 Å². The molecule has 1 aromatic heterocycles. The molecule has 15 heteroatoms. The van der Waals surface area contributed by atoms with E-state index in [1.54, 1.807) is 48.6 Å². The molecular weight excluding hydrogens is 662 g/mol. The van der Waals surface area contributed by atoms with Crippen LogP contribution in [0.15, 0.2) is 79.9 Å². The topological polar surface area (TPSA) is 202 Å². The number of aliphatic imine (C=N–C) groups is 2. The van der Waals surface area contributed by atoms with Crippen molar-refractivity contribution in [2.24, 2.45) is 9.98 Å². The molecule has 0 spiro atoms. The average Bonchev–Trinajstić information content (AvgIpc) is 3.90. The maximum Gasteiger partial charge on any atom is 0.193 e. The Hall–Kier alpha value is -4.19. The summed E-state index contributed by atoms with van der Waals surface area (Å²) in [5.41, 5.74) is 0.693. The zero-order valence-electron chi connectivity index (χ0n) is 28.6. The van der Waals surface area contributed by atoms with Crippen molar-refractivity contribution >= 4 is 28.1 Å². The molecule has 15 nitrogen and oxygen atoms in total. The van der Waals surface area contributed by atoms with E-state index in [0.717, 1.165) is 17.0 Å². The van der Waals surface area contributed by atoms with Crippen molar-refractivity contribution in [1.82, 2.24) is 10.2 Å². The number of ether oxygens (including phenoxy) is 1. The Kier molecular flexibility index (Phi) is 9.49. The van der Waals surface area contributed by atoms with Gasteiger partial charge in [0.25, 0.3) is 0 Å². The number of hydrogen-bond acceptors (Lipinski definition) is 15. The number of hydrogen-bond donors (Lipinski definition) is 6. The highest BCUT2D eigenvalue weighted by atomic mass is 17.2. The number of allylic oxidation sites excluding steroid dienone is 1. The van der Waals surface area contributed by atoms with Gasteiger partial charge in [-0.2, -0.15) is 0 Å². The van der Waals surface area contributed by atoms with Gasteiger partial charge >= 0.3 is 0 Å².